The smallest absolute Gasteiger partial charge is 0.00606 e. The van der Waals surface area contributed by atoms with E-state index in [1.54, 1.807) is 11.1 Å². The lowest BCUT2D eigenvalue weighted by Gasteiger charge is -1.97. The third kappa shape index (κ3) is 16.2. The molecule has 0 N–H and O–H groups in total. The van der Waals surface area contributed by atoms with Gasteiger partial charge in [0.15, 0.2) is 0 Å². The van der Waals surface area contributed by atoms with E-state index in [4.69, 9.17) is 0 Å². The highest BCUT2D eigenvalue weighted by molar-refractivity contribution is 5.71. The molecule has 0 bridgehead atoms. The summed E-state index contributed by atoms with van der Waals surface area (Å²) in [6, 6.07) is 36.5. The first-order valence-corrected chi connectivity index (χ1v) is 18.6. The molecule has 0 aromatic heterocycles. The van der Waals surface area contributed by atoms with E-state index in [2.05, 4.69) is 143 Å². The van der Waals surface area contributed by atoms with E-state index in [9.17, 15) is 0 Å². The van der Waals surface area contributed by atoms with Crippen LogP contribution in [0.4, 0.5) is 0 Å². The van der Waals surface area contributed by atoms with Crippen molar-refractivity contribution >= 4 is 11.6 Å². The maximum Gasteiger partial charge on any atom is -0.00606 e. The van der Waals surface area contributed by atoms with Crippen LogP contribution in [-0.4, -0.2) is 0 Å². The predicted octanol–water partition coefficient (Wildman–Crippen LogP) is 14.5. The molecule has 0 saturated carbocycles. The van der Waals surface area contributed by atoms with Gasteiger partial charge in [0.1, 0.15) is 0 Å². The topological polar surface area (TPSA) is 0 Å². The van der Waals surface area contributed by atoms with Crippen LogP contribution in [0.3, 0.4) is 0 Å². The maximum atomic E-state index is 2.32. The lowest BCUT2D eigenvalue weighted by molar-refractivity contribution is 0.628. The van der Waals surface area contributed by atoms with E-state index in [-0.39, 0.29) is 0 Å². The Hall–Kier alpha value is -3.64. The molecular formula is C47H68. The fourth-order valence-electron chi connectivity index (χ4n) is 5.62. The predicted molar refractivity (Wildman–Crippen MR) is 216 cm³/mol. The Morgan fingerprint density at radius 2 is 1.02 bits per heavy atom. The molecule has 0 nitrogen and oxygen atoms in total. The minimum absolute atomic E-state index is 0.873. The average Bonchev–Trinajstić information content (AvgIpc) is 3.84. The van der Waals surface area contributed by atoms with Crippen molar-refractivity contribution in [2.45, 2.75) is 122 Å². The number of aryl methyl sites for hydroxylation is 1. The first-order chi connectivity index (χ1) is 23.0. The van der Waals surface area contributed by atoms with Crippen molar-refractivity contribution < 1.29 is 0 Å². The summed E-state index contributed by atoms with van der Waals surface area (Å²) >= 11 is 0. The third-order valence-electron chi connectivity index (χ3n) is 7.63. The Kier molecular flexibility index (Phi) is 25.3. The highest BCUT2D eigenvalue weighted by Gasteiger charge is 2.15. The van der Waals surface area contributed by atoms with Crippen LogP contribution < -0.4 is 0 Å². The van der Waals surface area contributed by atoms with Crippen molar-refractivity contribution in [3.8, 4) is 0 Å². The van der Waals surface area contributed by atoms with Gasteiger partial charge in [-0.25, -0.2) is 0 Å². The van der Waals surface area contributed by atoms with Gasteiger partial charge in [-0.3, -0.25) is 0 Å². The number of allylic oxidation sites excluding steroid dienone is 3. The van der Waals surface area contributed by atoms with E-state index in [1.165, 1.54) is 64.6 Å². The summed E-state index contributed by atoms with van der Waals surface area (Å²) in [6.07, 6.45) is 11.8. The highest BCUT2D eigenvalue weighted by Crippen LogP contribution is 2.26. The molecule has 0 atom stereocenters. The van der Waals surface area contributed by atoms with Crippen molar-refractivity contribution in [2.24, 2.45) is 5.92 Å². The SMILES string of the molecule is CC.CC.CC.CC.CC1=CCc2ccccc21.CC1=Cc2ccccc2C1.CC1Cc2ccccc2C1.CCCc1ccccc1. The fraction of sp³-hybridized carbons (Fsp3) is 0.404. The Labute approximate surface area is 292 Å². The quantitative estimate of drug-likeness (QED) is 0.206. The largest absolute Gasteiger partial charge is 0.0766 e. The van der Waals surface area contributed by atoms with Gasteiger partial charge < -0.3 is 0 Å². The van der Waals surface area contributed by atoms with Gasteiger partial charge in [0, 0.05) is 0 Å². The third-order valence-corrected chi connectivity index (χ3v) is 7.63. The summed E-state index contributed by atoms with van der Waals surface area (Å²) in [5.41, 5.74) is 13.3. The molecule has 3 aliphatic carbocycles. The zero-order valence-corrected chi connectivity index (χ0v) is 32.3. The zero-order valence-electron chi connectivity index (χ0n) is 32.3. The van der Waals surface area contributed by atoms with Gasteiger partial charge in [-0.15, -0.1) is 0 Å². The van der Waals surface area contributed by atoms with Crippen LogP contribution in [0.5, 0.6) is 0 Å². The van der Waals surface area contributed by atoms with E-state index in [1.807, 2.05) is 55.4 Å². The van der Waals surface area contributed by atoms with Crippen molar-refractivity contribution in [2.75, 3.05) is 0 Å². The van der Waals surface area contributed by atoms with Crippen LogP contribution in [-0.2, 0) is 32.1 Å². The molecule has 0 saturated heterocycles. The Balaban J connectivity index is 0.000000560. The van der Waals surface area contributed by atoms with Crippen LogP contribution in [0, 0.1) is 5.92 Å². The van der Waals surface area contributed by atoms with Gasteiger partial charge in [0.05, 0.1) is 0 Å². The molecule has 7 rings (SSSR count). The zero-order chi connectivity index (χ0) is 35.5. The van der Waals surface area contributed by atoms with Crippen LogP contribution in [0.2, 0.25) is 0 Å². The van der Waals surface area contributed by atoms with E-state index < -0.39 is 0 Å². The number of hydrogen-bond donors (Lipinski definition) is 0. The Morgan fingerprint density at radius 3 is 1.53 bits per heavy atom. The second-order valence-corrected chi connectivity index (χ2v) is 11.1. The number of hydrogen-bond acceptors (Lipinski definition) is 0. The molecule has 0 aliphatic heterocycles. The van der Waals surface area contributed by atoms with Gasteiger partial charge in [-0.2, -0.15) is 0 Å². The molecule has 256 valence electrons. The summed E-state index contributed by atoms with van der Waals surface area (Å²) in [7, 11) is 0. The minimum atomic E-state index is 0.873. The van der Waals surface area contributed by atoms with E-state index in [0.717, 1.165) is 18.8 Å². The van der Waals surface area contributed by atoms with E-state index >= 15 is 0 Å². The summed E-state index contributed by atoms with van der Waals surface area (Å²) < 4.78 is 0. The molecule has 0 heteroatoms. The molecule has 0 amide bonds. The summed E-state index contributed by atoms with van der Waals surface area (Å²) in [5, 5.41) is 0. The van der Waals surface area contributed by atoms with Gasteiger partial charge in [-0.05, 0) is 96.4 Å². The second kappa shape index (κ2) is 27.5. The molecule has 4 aromatic rings. The molecule has 3 aliphatic rings. The Bertz CT molecular complexity index is 1350. The van der Waals surface area contributed by atoms with Crippen LogP contribution in [0.1, 0.15) is 128 Å². The standard InChI is InChI=1S/C10H12.2C10H10.C9H12.4C2H6/c2*1-8-6-9-4-2-3-5-10(9)7-8;1-8-6-7-9-4-2-3-5-10(8)9;1-2-6-9-7-4-3-5-8-9;4*1-2/h2-5,8H,6-7H2,1H3;2*2-6H,7H2,1H3;3-5,7-8H,2,6H2,1H3;4*1-2H3. The normalized spacial score (nSPS) is 12.3. The van der Waals surface area contributed by atoms with Gasteiger partial charge in [-0.1, -0.05) is 197 Å². The second-order valence-electron chi connectivity index (χ2n) is 11.1. The average molecular weight is 633 g/mol. The Morgan fingerprint density at radius 1 is 0.553 bits per heavy atom. The molecule has 4 aromatic carbocycles. The lowest BCUT2D eigenvalue weighted by atomic mass is 10.1. The summed E-state index contributed by atoms with van der Waals surface area (Å²) in [6.45, 7) is 24.9. The highest BCUT2D eigenvalue weighted by atomic mass is 14.2. The molecule has 0 radical (unpaired) electrons. The van der Waals surface area contributed by atoms with Gasteiger partial charge in [0.25, 0.3) is 0 Å². The monoisotopic (exact) mass is 633 g/mol. The first kappa shape index (κ1) is 43.4. The number of rotatable bonds is 2. The van der Waals surface area contributed by atoms with Crippen LogP contribution in [0.15, 0.2) is 115 Å². The minimum Gasteiger partial charge on any atom is -0.0766 e. The number of benzene rings is 4. The molecule has 0 heterocycles. The maximum absolute atomic E-state index is 2.32. The van der Waals surface area contributed by atoms with E-state index in [0.29, 0.717) is 0 Å². The van der Waals surface area contributed by atoms with Gasteiger partial charge in [0.2, 0.25) is 0 Å². The van der Waals surface area contributed by atoms with Crippen molar-refractivity contribution in [3.05, 3.63) is 154 Å². The van der Waals surface area contributed by atoms with Crippen molar-refractivity contribution in [1.29, 1.82) is 0 Å². The summed E-state index contributed by atoms with van der Waals surface area (Å²) in [4.78, 5) is 0. The molecule has 0 unspecified atom stereocenters. The first-order valence-electron chi connectivity index (χ1n) is 18.6. The van der Waals surface area contributed by atoms with Crippen molar-refractivity contribution in [3.63, 3.8) is 0 Å². The van der Waals surface area contributed by atoms with Crippen LogP contribution >= 0.6 is 0 Å². The fourth-order valence-corrected chi connectivity index (χ4v) is 5.62. The van der Waals surface area contributed by atoms with Gasteiger partial charge >= 0.3 is 0 Å². The molecule has 0 spiro atoms. The lowest BCUT2D eigenvalue weighted by Crippen LogP contribution is -1.89. The summed E-state index contributed by atoms with van der Waals surface area (Å²) in [5.74, 6) is 0.873. The number of fused-ring (bicyclic) bond motifs is 3. The molecule has 0 fully saturated rings. The van der Waals surface area contributed by atoms with Crippen LogP contribution in [0.25, 0.3) is 11.6 Å². The molecular weight excluding hydrogens is 565 g/mol. The van der Waals surface area contributed by atoms with Crippen molar-refractivity contribution in [1.82, 2.24) is 0 Å². The molecule has 47 heavy (non-hydrogen) atoms.